The molecule has 0 N–H and O–H groups in total. The Balaban J connectivity index is 3.93. The molecule has 6 heteroatoms. The van der Waals surface area contributed by atoms with Crippen molar-refractivity contribution in [3.8, 4) is 0 Å². The van der Waals surface area contributed by atoms with E-state index in [-0.39, 0.29) is 0 Å². The molecular weight excluding hydrogens is 273 g/mol. The average molecular weight is 288 g/mol. The van der Waals surface area contributed by atoms with E-state index in [0.717, 1.165) is 6.66 Å². The van der Waals surface area contributed by atoms with E-state index in [0.29, 0.717) is 0 Å². The number of hydrogen-bond acceptors (Lipinski definition) is 5. The van der Waals surface area contributed by atoms with Crippen LogP contribution in [-0.4, -0.2) is 31.3 Å². The minimum absolute atomic E-state index is 0.466. The molecule has 0 aromatic heterocycles. The minimum atomic E-state index is -1.15. The third-order valence-electron chi connectivity index (χ3n) is 0.975. The first-order valence-corrected chi connectivity index (χ1v) is 5.45. The molecule has 0 aromatic carbocycles. The molecule has 0 fully saturated rings. The Bertz CT molecular complexity index is 137. The zero-order chi connectivity index (χ0) is 9.94. The van der Waals surface area contributed by atoms with Crippen molar-refractivity contribution in [2.75, 3.05) is 14.1 Å². The van der Waals surface area contributed by atoms with Crippen LogP contribution in [0.25, 0.3) is 0 Å². The molecule has 0 aliphatic carbocycles. The van der Waals surface area contributed by atoms with Gasteiger partial charge in [-0.05, 0) is 0 Å². The molecule has 0 spiro atoms. The third-order valence-corrected chi connectivity index (χ3v) is 4.05. The average Bonchev–Trinajstić information content (AvgIpc) is 1.85. The van der Waals surface area contributed by atoms with Gasteiger partial charge in [-0.2, -0.15) is 0 Å². The molecule has 5 nitrogen and oxygen atoms in total. The van der Waals surface area contributed by atoms with Crippen LogP contribution in [0.4, 0.5) is 0 Å². The summed E-state index contributed by atoms with van der Waals surface area (Å²) in [5, 5.41) is 23.7. The van der Waals surface area contributed by atoms with Gasteiger partial charge in [0.15, 0.2) is 0 Å². The van der Waals surface area contributed by atoms with E-state index in [9.17, 15) is 10.4 Å². The quantitative estimate of drug-likeness (QED) is 0.334. The number of halogens is 1. The molecule has 0 saturated carbocycles. The van der Waals surface area contributed by atoms with E-state index in [2.05, 4.69) is 0 Å². The van der Waals surface area contributed by atoms with Crippen molar-refractivity contribution < 1.29 is 21.8 Å². The molecule has 0 bridgehead atoms. The Morgan fingerprint density at radius 2 is 1.50 bits per heavy atom. The Morgan fingerprint density at radius 3 is 1.75 bits per heavy atom. The van der Waals surface area contributed by atoms with Crippen molar-refractivity contribution in [2.45, 2.75) is 26.3 Å². The fourth-order valence-corrected chi connectivity index (χ4v) is 1.61. The number of hydrazine groups is 1. The van der Waals surface area contributed by atoms with Gasteiger partial charge in [-0.1, -0.05) is 0 Å². The van der Waals surface area contributed by atoms with Crippen LogP contribution in [0, 0.1) is 10.4 Å². The van der Waals surface area contributed by atoms with E-state index in [1.54, 1.807) is 34.9 Å². The van der Waals surface area contributed by atoms with E-state index in [4.69, 9.17) is 0 Å². The fourth-order valence-electron chi connectivity index (χ4n) is 0.240. The molecule has 0 radical (unpaired) electrons. The second kappa shape index (κ2) is 4.68. The van der Waals surface area contributed by atoms with Crippen molar-refractivity contribution in [3.63, 3.8) is 0 Å². The Hall–Kier alpha value is 0.530. The van der Waals surface area contributed by atoms with Gasteiger partial charge in [-0.15, -0.1) is 0 Å². The predicted molar refractivity (Wildman–Crippen MR) is 43.9 cm³/mol. The summed E-state index contributed by atoms with van der Waals surface area (Å²) in [4.78, 5) is 0. The van der Waals surface area contributed by atoms with E-state index in [1.807, 2.05) is 0 Å². The second-order valence-corrected chi connectivity index (χ2v) is 5.70. The van der Waals surface area contributed by atoms with Crippen LogP contribution >= 0.6 is 0 Å². The van der Waals surface area contributed by atoms with Crippen LogP contribution in [-0.2, 0) is 0 Å². The number of nitrogens with zero attached hydrogens (tertiary/aromatic N) is 3. The Kier molecular flexibility index (Phi) is 4.89. The second-order valence-electron chi connectivity index (χ2n) is 3.56. The van der Waals surface area contributed by atoms with Gasteiger partial charge in [0.2, 0.25) is 0 Å². The molecule has 0 heterocycles. The first-order valence-electron chi connectivity index (χ1n) is 3.52. The fraction of sp³-hybridized carbons (Fsp3) is 1.00. The van der Waals surface area contributed by atoms with Crippen LogP contribution in [0.2, 0.25) is 0 Å². The summed E-state index contributed by atoms with van der Waals surface area (Å²) in [6, 6.07) is 0. The summed E-state index contributed by atoms with van der Waals surface area (Å²) in [6.45, 7) is 5.38. The summed E-state index contributed by atoms with van der Waals surface area (Å²) >= 11 is -1.15. The maximum absolute atomic E-state index is 11.3. The molecular formula is C6H15IN3O2-3. The monoisotopic (exact) mass is 288 g/mol. The topological polar surface area (TPSA) is 55.8 Å². The van der Waals surface area contributed by atoms with Gasteiger partial charge in [0.05, 0.1) is 0 Å². The van der Waals surface area contributed by atoms with Crippen molar-refractivity contribution in [1.82, 2.24) is 11.7 Å². The van der Waals surface area contributed by atoms with Gasteiger partial charge in [-0.3, -0.25) is 0 Å². The molecule has 0 atom stereocenters. The van der Waals surface area contributed by atoms with Crippen LogP contribution in [0.5, 0.6) is 0 Å². The van der Waals surface area contributed by atoms with Crippen LogP contribution in [0.1, 0.15) is 20.8 Å². The maximum atomic E-state index is 11.3. The van der Waals surface area contributed by atoms with Gasteiger partial charge in [0.1, 0.15) is 0 Å². The molecule has 76 valence electrons. The van der Waals surface area contributed by atoms with Gasteiger partial charge in [0.25, 0.3) is 0 Å². The van der Waals surface area contributed by atoms with Gasteiger partial charge in [0, 0.05) is 0 Å². The van der Waals surface area contributed by atoms with E-state index < -0.39 is 27.3 Å². The molecule has 0 rings (SSSR count). The summed E-state index contributed by atoms with van der Waals surface area (Å²) in [5.41, 5.74) is -0.466. The Morgan fingerprint density at radius 1 is 1.08 bits per heavy atom. The molecule has 12 heavy (non-hydrogen) atoms. The first kappa shape index (κ1) is 12.5. The normalized spacial score (nSPS) is 13.8. The third kappa shape index (κ3) is 4.53. The Labute approximate surface area is 84.4 Å². The van der Waals surface area contributed by atoms with E-state index >= 15 is 0 Å². The molecule has 0 unspecified atom stereocenters. The van der Waals surface area contributed by atoms with Gasteiger partial charge in [-0.25, -0.2) is 0 Å². The summed E-state index contributed by atoms with van der Waals surface area (Å²) in [6.07, 6.45) is 0. The first-order chi connectivity index (χ1) is 5.25. The molecule has 0 aromatic rings. The number of hydrogen-bond donors (Lipinski definition) is 0. The summed E-state index contributed by atoms with van der Waals surface area (Å²) < 4.78 is 1.58. The number of hydroxylamine groups is 1. The van der Waals surface area contributed by atoms with Crippen molar-refractivity contribution in [1.29, 1.82) is 0 Å². The molecule has 0 amide bonds. The summed E-state index contributed by atoms with van der Waals surface area (Å²) in [5.74, 6) is 0. The molecule has 0 saturated heterocycles. The van der Waals surface area contributed by atoms with Crippen LogP contribution < -0.4 is 21.8 Å². The predicted octanol–water partition coefficient (Wildman–Crippen LogP) is -2.22. The van der Waals surface area contributed by atoms with Crippen molar-refractivity contribution in [2.24, 2.45) is 0 Å². The molecule has 0 aliphatic heterocycles. The standard InChI is InChI=1S/C6H15IN3O2/c1-6(2,3)9(11)7-10(12)8(4)5/h1-5H3/q-3. The van der Waals surface area contributed by atoms with Crippen molar-refractivity contribution >= 4 is 0 Å². The van der Waals surface area contributed by atoms with Crippen molar-refractivity contribution in [3.05, 3.63) is 10.4 Å². The zero-order valence-electron chi connectivity index (χ0n) is 8.04. The van der Waals surface area contributed by atoms with Gasteiger partial charge < -0.3 is 0 Å². The van der Waals surface area contributed by atoms with Crippen LogP contribution in [0.3, 0.4) is 0 Å². The number of rotatable bonds is 3. The molecule has 0 aliphatic rings. The van der Waals surface area contributed by atoms with Gasteiger partial charge >= 0.3 is 84.2 Å². The van der Waals surface area contributed by atoms with E-state index in [1.165, 1.54) is 5.01 Å². The SMILES string of the molecule is CN(C)N([O-])[I-]N([O-])C(C)(C)C. The van der Waals surface area contributed by atoms with Crippen LogP contribution in [0.15, 0.2) is 0 Å². The summed E-state index contributed by atoms with van der Waals surface area (Å²) in [7, 11) is 3.26. The zero-order valence-corrected chi connectivity index (χ0v) is 10.2.